The Morgan fingerprint density at radius 2 is 2.05 bits per heavy atom. The molecule has 0 fully saturated rings. The summed E-state index contributed by atoms with van der Waals surface area (Å²) in [6.07, 6.45) is 0. The number of para-hydroxylation sites is 2. The molecule has 0 aliphatic carbocycles. The van der Waals surface area contributed by atoms with E-state index in [0.29, 0.717) is 18.1 Å². The number of likely N-dealkylation sites (N-methyl/N-ethyl adjacent to an activating group) is 1. The van der Waals surface area contributed by atoms with E-state index < -0.39 is 5.97 Å². The van der Waals surface area contributed by atoms with Crippen molar-refractivity contribution in [2.45, 2.75) is 0 Å². The Morgan fingerprint density at radius 3 is 2.68 bits per heavy atom. The second-order valence-corrected chi connectivity index (χ2v) is 4.58. The Balaban J connectivity index is 2.22. The van der Waals surface area contributed by atoms with Crippen LogP contribution in [0.15, 0.2) is 28.7 Å². The molecule has 0 atom stereocenters. The van der Waals surface area contributed by atoms with E-state index in [1.165, 1.54) is 0 Å². The van der Waals surface area contributed by atoms with E-state index in [2.05, 4.69) is 4.98 Å². The van der Waals surface area contributed by atoms with E-state index in [9.17, 15) is 4.79 Å². The topological polar surface area (TPSA) is 69.8 Å². The van der Waals surface area contributed by atoms with Gasteiger partial charge in [0.05, 0.1) is 0 Å². The third-order valence-corrected chi connectivity index (χ3v) is 2.70. The number of aliphatic carboxylic acids is 1. The number of rotatable bonds is 6. The van der Waals surface area contributed by atoms with Gasteiger partial charge in [-0.1, -0.05) is 12.1 Å². The van der Waals surface area contributed by atoms with Crippen LogP contribution in [0, 0.1) is 0 Å². The lowest BCUT2D eigenvalue weighted by Crippen LogP contribution is -2.35. The maximum absolute atomic E-state index is 10.9. The van der Waals surface area contributed by atoms with Crippen LogP contribution < -0.4 is 4.90 Å². The lowest BCUT2D eigenvalue weighted by molar-refractivity contribution is -0.135. The van der Waals surface area contributed by atoms with Crippen LogP contribution in [-0.2, 0) is 4.79 Å². The van der Waals surface area contributed by atoms with Gasteiger partial charge in [-0.05, 0) is 26.2 Å². The average Bonchev–Trinajstić information content (AvgIpc) is 2.77. The summed E-state index contributed by atoms with van der Waals surface area (Å²) < 4.78 is 5.60. The Kier molecular flexibility index (Phi) is 4.01. The minimum atomic E-state index is -0.902. The fraction of sp³-hybridized carbons (Fsp3) is 0.385. The zero-order valence-electron chi connectivity index (χ0n) is 11.0. The molecule has 0 bridgehead atoms. The van der Waals surface area contributed by atoms with Gasteiger partial charge in [0.25, 0.3) is 6.01 Å². The largest absolute Gasteiger partial charge is 0.480 e. The summed E-state index contributed by atoms with van der Waals surface area (Å²) in [6.45, 7) is 1.15. The van der Waals surface area contributed by atoms with Crippen molar-refractivity contribution >= 4 is 23.1 Å². The minimum Gasteiger partial charge on any atom is -0.480 e. The maximum Gasteiger partial charge on any atom is 0.323 e. The van der Waals surface area contributed by atoms with Crippen molar-refractivity contribution in [3.63, 3.8) is 0 Å². The first kappa shape index (κ1) is 13.4. The summed E-state index contributed by atoms with van der Waals surface area (Å²) in [7, 11) is 3.87. The molecule has 6 nitrogen and oxygen atoms in total. The highest BCUT2D eigenvalue weighted by atomic mass is 16.4. The Bertz CT molecular complexity index is 532. The fourth-order valence-corrected chi connectivity index (χ4v) is 1.72. The standard InChI is InChI=1S/C13H17N3O3/c1-15(2)7-8-16(9-12(17)18)13-14-10-5-3-4-6-11(10)19-13/h3-6H,7-9H2,1-2H3,(H,17,18). The van der Waals surface area contributed by atoms with Gasteiger partial charge in [-0.25, -0.2) is 0 Å². The predicted molar refractivity (Wildman–Crippen MR) is 72.4 cm³/mol. The highest BCUT2D eigenvalue weighted by Gasteiger charge is 2.16. The van der Waals surface area contributed by atoms with Gasteiger partial charge in [0.15, 0.2) is 5.58 Å². The predicted octanol–water partition coefficient (Wildman–Crippen LogP) is 1.28. The molecule has 0 aliphatic rings. The van der Waals surface area contributed by atoms with Gasteiger partial charge in [-0.15, -0.1) is 0 Å². The molecule has 0 aliphatic heterocycles. The number of nitrogens with zero attached hydrogens (tertiary/aromatic N) is 3. The molecule has 2 aromatic rings. The van der Waals surface area contributed by atoms with Gasteiger partial charge in [0.1, 0.15) is 12.1 Å². The van der Waals surface area contributed by atoms with Gasteiger partial charge in [0.2, 0.25) is 0 Å². The molecule has 1 N–H and O–H groups in total. The first-order valence-electron chi connectivity index (χ1n) is 6.03. The molecular formula is C13H17N3O3. The molecule has 19 heavy (non-hydrogen) atoms. The summed E-state index contributed by atoms with van der Waals surface area (Å²) in [5.41, 5.74) is 1.40. The summed E-state index contributed by atoms with van der Waals surface area (Å²) in [5, 5.41) is 8.96. The van der Waals surface area contributed by atoms with Crippen LogP contribution in [0.2, 0.25) is 0 Å². The first-order valence-corrected chi connectivity index (χ1v) is 6.03. The average molecular weight is 263 g/mol. The summed E-state index contributed by atoms with van der Waals surface area (Å²) >= 11 is 0. The van der Waals surface area contributed by atoms with E-state index in [1.807, 2.05) is 43.3 Å². The highest BCUT2D eigenvalue weighted by Crippen LogP contribution is 2.21. The summed E-state index contributed by atoms with van der Waals surface area (Å²) in [4.78, 5) is 18.9. The third kappa shape index (κ3) is 3.45. The van der Waals surface area contributed by atoms with Crippen LogP contribution in [0.5, 0.6) is 0 Å². The van der Waals surface area contributed by atoms with Crippen molar-refractivity contribution in [3.8, 4) is 0 Å². The molecule has 1 aromatic carbocycles. The van der Waals surface area contributed by atoms with Gasteiger partial charge in [-0.2, -0.15) is 4.98 Å². The van der Waals surface area contributed by atoms with Crippen LogP contribution >= 0.6 is 0 Å². The van der Waals surface area contributed by atoms with Crippen molar-refractivity contribution in [3.05, 3.63) is 24.3 Å². The first-order chi connectivity index (χ1) is 9.06. The third-order valence-electron chi connectivity index (χ3n) is 2.70. The Hall–Kier alpha value is -2.08. The van der Waals surface area contributed by atoms with Gasteiger partial charge < -0.3 is 19.3 Å². The molecule has 6 heteroatoms. The number of hydrogen-bond donors (Lipinski definition) is 1. The van der Waals surface area contributed by atoms with Crippen LogP contribution in [0.1, 0.15) is 0 Å². The van der Waals surface area contributed by atoms with E-state index in [-0.39, 0.29) is 6.54 Å². The van der Waals surface area contributed by atoms with Crippen LogP contribution in [0.4, 0.5) is 6.01 Å². The molecule has 0 radical (unpaired) electrons. The van der Waals surface area contributed by atoms with Crippen LogP contribution in [-0.4, -0.2) is 54.7 Å². The highest BCUT2D eigenvalue weighted by molar-refractivity contribution is 5.76. The molecule has 0 spiro atoms. The normalized spacial score (nSPS) is 11.1. The summed E-state index contributed by atoms with van der Waals surface area (Å²) in [6, 6.07) is 7.74. The molecule has 1 aromatic heterocycles. The number of carboxylic acids is 1. The molecule has 2 rings (SSSR count). The zero-order chi connectivity index (χ0) is 13.8. The van der Waals surface area contributed by atoms with Crippen molar-refractivity contribution in [2.24, 2.45) is 0 Å². The second-order valence-electron chi connectivity index (χ2n) is 4.58. The molecule has 0 amide bonds. The minimum absolute atomic E-state index is 0.124. The molecule has 1 heterocycles. The van der Waals surface area contributed by atoms with Crippen molar-refractivity contribution < 1.29 is 14.3 Å². The van der Waals surface area contributed by atoms with E-state index in [0.717, 1.165) is 12.1 Å². The number of fused-ring (bicyclic) bond motifs is 1. The quantitative estimate of drug-likeness (QED) is 0.846. The van der Waals surface area contributed by atoms with Gasteiger partial charge >= 0.3 is 5.97 Å². The van der Waals surface area contributed by atoms with Crippen LogP contribution in [0.3, 0.4) is 0 Å². The monoisotopic (exact) mass is 263 g/mol. The van der Waals surface area contributed by atoms with Crippen LogP contribution in [0.25, 0.3) is 11.1 Å². The van der Waals surface area contributed by atoms with Crippen molar-refractivity contribution in [1.82, 2.24) is 9.88 Å². The zero-order valence-corrected chi connectivity index (χ0v) is 11.0. The lowest BCUT2D eigenvalue weighted by Gasteiger charge is -2.20. The van der Waals surface area contributed by atoms with Crippen molar-refractivity contribution in [1.29, 1.82) is 0 Å². The SMILES string of the molecule is CN(C)CCN(CC(=O)O)c1nc2ccccc2o1. The number of benzene rings is 1. The molecular weight excluding hydrogens is 246 g/mol. The van der Waals surface area contributed by atoms with E-state index in [1.54, 1.807) is 4.90 Å². The second kappa shape index (κ2) is 5.71. The molecule has 0 unspecified atom stereocenters. The Labute approximate surface area is 111 Å². The lowest BCUT2D eigenvalue weighted by atomic mass is 10.3. The smallest absolute Gasteiger partial charge is 0.323 e. The van der Waals surface area contributed by atoms with Gasteiger partial charge in [0, 0.05) is 13.1 Å². The Morgan fingerprint density at radius 1 is 1.32 bits per heavy atom. The molecule has 102 valence electrons. The number of carbonyl (C=O) groups is 1. The number of oxazole rings is 1. The summed E-state index contributed by atoms with van der Waals surface area (Å²) in [5.74, 6) is -0.902. The number of carboxylic acid groups (broad SMARTS) is 1. The fourth-order valence-electron chi connectivity index (χ4n) is 1.72. The van der Waals surface area contributed by atoms with E-state index >= 15 is 0 Å². The number of aromatic nitrogens is 1. The van der Waals surface area contributed by atoms with E-state index in [4.69, 9.17) is 9.52 Å². The number of anilines is 1. The molecule has 0 saturated carbocycles. The number of hydrogen-bond acceptors (Lipinski definition) is 5. The van der Waals surface area contributed by atoms with Gasteiger partial charge in [-0.3, -0.25) is 4.79 Å². The van der Waals surface area contributed by atoms with Crippen molar-refractivity contribution in [2.75, 3.05) is 38.6 Å². The molecule has 0 saturated heterocycles. The maximum atomic E-state index is 10.9.